The molecule has 6 heteroatoms. The van der Waals surface area contributed by atoms with E-state index in [4.69, 9.17) is 9.63 Å². The normalized spacial score (nSPS) is 12.8. The van der Waals surface area contributed by atoms with Gasteiger partial charge >= 0.3 is 5.97 Å². The summed E-state index contributed by atoms with van der Waals surface area (Å²) in [4.78, 5) is 24.6. The van der Waals surface area contributed by atoms with E-state index in [1.807, 2.05) is 13.8 Å². The Morgan fingerprint density at radius 3 is 2.26 bits per heavy atom. The average Bonchev–Trinajstić information content (AvgIpc) is 2.75. The first kappa shape index (κ1) is 15.2. The highest BCUT2D eigenvalue weighted by atomic mass is 16.5. The van der Waals surface area contributed by atoms with Crippen LogP contribution in [0.2, 0.25) is 0 Å². The Bertz CT molecular complexity index is 465. The third-order valence-electron chi connectivity index (χ3n) is 2.94. The summed E-state index contributed by atoms with van der Waals surface area (Å²) in [6, 6.07) is 0.676. The fraction of sp³-hybridized carbons (Fsp3) is 0.615. The Hall–Kier alpha value is -1.85. The number of rotatable bonds is 5. The van der Waals surface area contributed by atoms with E-state index in [1.54, 1.807) is 19.9 Å². The number of carboxylic acids is 1. The molecule has 0 saturated carbocycles. The number of carbonyl (C=O) groups excluding carboxylic acids is 1. The number of carbonyl (C=O) groups is 2. The van der Waals surface area contributed by atoms with Crippen LogP contribution in [0.25, 0.3) is 0 Å². The van der Waals surface area contributed by atoms with Crippen LogP contribution in [0.4, 0.5) is 0 Å². The van der Waals surface area contributed by atoms with Gasteiger partial charge in [-0.3, -0.25) is 4.79 Å². The number of nitrogens with zero attached hydrogens (tertiary/aromatic N) is 2. The molecule has 0 fully saturated rings. The Labute approximate surface area is 112 Å². The average molecular weight is 268 g/mol. The zero-order valence-corrected chi connectivity index (χ0v) is 11.9. The molecule has 1 atom stereocenters. The van der Waals surface area contributed by atoms with Crippen molar-refractivity contribution in [2.75, 3.05) is 7.05 Å². The van der Waals surface area contributed by atoms with Gasteiger partial charge in [-0.25, -0.2) is 4.79 Å². The first-order valence-corrected chi connectivity index (χ1v) is 6.22. The zero-order chi connectivity index (χ0) is 14.7. The second kappa shape index (κ2) is 5.86. The van der Waals surface area contributed by atoms with Gasteiger partial charge in [-0.15, -0.1) is 0 Å². The monoisotopic (exact) mass is 268 g/mol. The van der Waals surface area contributed by atoms with Crippen molar-refractivity contribution < 1.29 is 19.2 Å². The van der Waals surface area contributed by atoms with Crippen LogP contribution in [0.15, 0.2) is 10.6 Å². The van der Waals surface area contributed by atoms with Crippen molar-refractivity contribution in [3.8, 4) is 0 Å². The molecule has 1 N–H and O–H groups in total. The summed E-state index contributed by atoms with van der Waals surface area (Å²) in [5.41, 5.74) is 0.137. The van der Waals surface area contributed by atoms with Gasteiger partial charge in [0.1, 0.15) is 11.8 Å². The largest absolute Gasteiger partial charge is 0.480 e. The van der Waals surface area contributed by atoms with Crippen molar-refractivity contribution in [3.05, 3.63) is 17.5 Å². The van der Waals surface area contributed by atoms with Gasteiger partial charge < -0.3 is 14.5 Å². The highest BCUT2D eigenvalue weighted by Crippen LogP contribution is 2.18. The van der Waals surface area contributed by atoms with E-state index < -0.39 is 17.9 Å². The van der Waals surface area contributed by atoms with E-state index in [-0.39, 0.29) is 17.5 Å². The minimum absolute atomic E-state index is 0.125. The standard InChI is InChI=1S/C13H20N2O4/c1-7(2)10-6-9(14-19-10)12(16)15(5)11(8(3)4)13(17)18/h6-8,11H,1-5H3,(H,17,18). The van der Waals surface area contributed by atoms with Crippen molar-refractivity contribution in [1.82, 2.24) is 10.1 Å². The molecule has 0 radical (unpaired) electrons. The molecular weight excluding hydrogens is 248 g/mol. The molecular formula is C13H20N2O4. The Morgan fingerprint density at radius 1 is 1.32 bits per heavy atom. The number of aliphatic carboxylic acids is 1. The second-order valence-corrected chi connectivity index (χ2v) is 5.21. The number of amides is 1. The molecule has 6 nitrogen and oxygen atoms in total. The number of hydrogen-bond donors (Lipinski definition) is 1. The fourth-order valence-corrected chi connectivity index (χ4v) is 1.87. The predicted octanol–water partition coefficient (Wildman–Crippen LogP) is 1.98. The Balaban J connectivity index is 2.94. The maximum Gasteiger partial charge on any atom is 0.326 e. The summed E-state index contributed by atoms with van der Waals surface area (Å²) in [5.74, 6) is -0.939. The summed E-state index contributed by atoms with van der Waals surface area (Å²) in [7, 11) is 1.46. The summed E-state index contributed by atoms with van der Waals surface area (Å²) >= 11 is 0. The van der Waals surface area contributed by atoms with Gasteiger partial charge in [-0.2, -0.15) is 0 Å². The van der Waals surface area contributed by atoms with Crippen molar-refractivity contribution in [3.63, 3.8) is 0 Å². The number of likely N-dealkylation sites (N-methyl/N-ethyl adjacent to an activating group) is 1. The lowest BCUT2D eigenvalue weighted by Gasteiger charge is -2.26. The quantitative estimate of drug-likeness (QED) is 0.882. The van der Waals surface area contributed by atoms with Crippen LogP contribution in [-0.4, -0.2) is 40.1 Å². The smallest absolute Gasteiger partial charge is 0.326 e. The lowest BCUT2D eigenvalue weighted by Crippen LogP contribution is -2.45. The third-order valence-corrected chi connectivity index (χ3v) is 2.94. The summed E-state index contributed by atoms with van der Waals surface area (Å²) in [6.07, 6.45) is 0. The molecule has 1 aromatic rings. The van der Waals surface area contributed by atoms with Crippen LogP contribution in [0.5, 0.6) is 0 Å². The fourth-order valence-electron chi connectivity index (χ4n) is 1.87. The predicted molar refractivity (Wildman–Crippen MR) is 68.9 cm³/mol. The lowest BCUT2D eigenvalue weighted by atomic mass is 10.0. The number of aromatic nitrogens is 1. The maximum absolute atomic E-state index is 12.2. The lowest BCUT2D eigenvalue weighted by molar-refractivity contribution is -0.143. The molecule has 0 aliphatic rings. The van der Waals surface area contributed by atoms with Gasteiger partial charge in [-0.1, -0.05) is 32.9 Å². The molecule has 1 heterocycles. The Kier molecular flexibility index (Phi) is 4.69. The van der Waals surface area contributed by atoms with Crippen LogP contribution in [0.1, 0.15) is 49.9 Å². The topological polar surface area (TPSA) is 83.6 Å². The molecule has 1 unspecified atom stereocenters. The first-order valence-electron chi connectivity index (χ1n) is 6.22. The van der Waals surface area contributed by atoms with E-state index in [9.17, 15) is 9.59 Å². The van der Waals surface area contributed by atoms with Gasteiger partial charge in [-0.05, 0) is 5.92 Å². The second-order valence-electron chi connectivity index (χ2n) is 5.21. The third kappa shape index (κ3) is 3.33. The molecule has 0 aliphatic carbocycles. The van der Waals surface area contributed by atoms with Crippen molar-refractivity contribution >= 4 is 11.9 Å². The molecule has 0 spiro atoms. The van der Waals surface area contributed by atoms with Gasteiger partial charge in [0.05, 0.1) is 0 Å². The first-order chi connectivity index (χ1) is 8.75. The molecule has 19 heavy (non-hydrogen) atoms. The molecule has 1 amide bonds. The van der Waals surface area contributed by atoms with Crippen LogP contribution in [0.3, 0.4) is 0 Å². The maximum atomic E-state index is 12.2. The van der Waals surface area contributed by atoms with E-state index in [0.29, 0.717) is 5.76 Å². The van der Waals surface area contributed by atoms with Gasteiger partial charge in [0, 0.05) is 19.0 Å². The summed E-state index contributed by atoms with van der Waals surface area (Å²) < 4.78 is 5.05. The molecule has 0 bridgehead atoms. The summed E-state index contributed by atoms with van der Waals surface area (Å²) in [6.45, 7) is 7.36. The van der Waals surface area contributed by atoms with E-state index in [1.165, 1.54) is 11.9 Å². The van der Waals surface area contributed by atoms with E-state index in [2.05, 4.69) is 5.16 Å². The zero-order valence-electron chi connectivity index (χ0n) is 11.9. The van der Waals surface area contributed by atoms with Gasteiger partial charge in [0.2, 0.25) is 0 Å². The van der Waals surface area contributed by atoms with Gasteiger partial charge in [0.25, 0.3) is 5.91 Å². The van der Waals surface area contributed by atoms with E-state index in [0.717, 1.165) is 0 Å². The van der Waals surface area contributed by atoms with Crippen molar-refractivity contribution in [2.45, 2.75) is 39.7 Å². The molecule has 1 rings (SSSR count). The number of hydrogen-bond acceptors (Lipinski definition) is 4. The highest BCUT2D eigenvalue weighted by Gasteiger charge is 2.31. The molecule has 0 saturated heterocycles. The van der Waals surface area contributed by atoms with Crippen LogP contribution < -0.4 is 0 Å². The van der Waals surface area contributed by atoms with Crippen LogP contribution in [0, 0.1) is 5.92 Å². The van der Waals surface area contributed by atoms with Crippen LogP contribution in [-0.2, 0) is 4.79 Å². The van der Waals surface area contributed by atoms with Crippen molar-refractivity contribution in [1.29, 1.82) is 0 Å². The molecule has 0 aliphatic heterocycles. The number of carboxylic acid groups (broad SMARTS) is 1. The van der Waals surface area contributed by atoms with Crippen molar-refractivity contribution in [2.24, 2.45) is 5.92 Å². The molecule has 0 aromatic carbocycles. The minimum Gasteiger partial charge on any atom is -0.480 e. The minimum atomic E-state index is -1.03. The van der Waals surface area contributed by atoms with E-state index >= 15 is 0 Å². The summed E-state index contributed by atoms with van der Waals surface area (Å²) in [5, 5.41) is 12.9. The molecule has 1 aromatic heterocycles. The Morgan fingerprint density at radius 2 is 1.89 bits per heavy atom. The van der Waals surface area contributed by atoms with Crippen LogP contribution >= 0.6 is 0 Å². The molecule has 106 valence electrons. The van der Waals surface area contributed by atoms with Gasteiger partial charge in [0.15, 0.2) is 5.69 Å². The highest BCUT2D eigenvalue weighted by molar-refractivity contribution is 5.94. The SMILES string of the molecule is CC(C)c1cc(C(=O)N(C)C(C(=O)O)C(C)C)no1.